The van der Waals surface area contributed by atoms with Crippen LogP contribution < -0.4 is 5.73 Å². The van der Waals surface area contributed by atoms with Crippen LogP contribution in [0.3, 0.4) is 0 Å². The van der Waals surface area contributed by atoms with E-state index in [-0.39, 0.29) is 0 Å². The van der Waals surface area contributed by atoms with Crippen LogP contribution in [-0.2, 0) is 0 Å². The highest BCUT2D eigenvalue weighted by Gasteiger charge is 2.28. The molecule has 1 fully saturated rings. The largest absolute Gasteiger partial charge is 0.329 e. The minimum Gasteiger partial charge on any atom is -0.329 e. The molecule has 100 valence electrons. The Labute approximate surface area is 115 Å². The molecule has 2 unspecified atom stereocenters. The van der Waals surface area contributed by atoms with Crippen LogP contribution in [0.1, 0.15) is 18.5 Å². The summed E-state index contributed by atoms with van der Waals surface area (Å²) in [5.41, 5.74) is 7.24. The van der Waals surface area contributed by atoms with E-state index in [0.717, 1.165) is 24.7 Å². The summed E-state index contributed by atoms with van der Waals surface area (Å²) in [6.45, 7) is 6.20. The molecule has 3 nitrogen and oxygen atoms in total. The molecule has 2 N–H and O–H groups in total. The van der Waals surface area contributed by atoms with Gasteiger partial charge in [-0.2, -0.15) is 0 Å². The molecular formula is C14H22ClN3. The number of likely N-dealkylation sites (N-methyl/N-ethyl adjacent to an activating group) is 1. The zero-order chi connectivity index (χ0) is 13.1. The lowest BCUT2D eigenvalue weighted by molar-refractivity contribution is 0.0635. The van der Waals surface area contributed by atoms with E-state index in [2.05, 4.69) is 35.9 Å². The van der Waals surface area contributed by atoms with Crippen molar-refractivity contribution in [1.29, 1.82) is 0 Å². The van der Waals surface area contributed by atoms with E-state index in [1.807, 2.05) is 12.1 Å². The van der Waals surface area contributed by atoms with Gasteiger partial charge in [-0.25, -0.2) is 0 Å². The fourth-order valence-electron chi connectivity index (χ4n) is 2.76. The van der Waals surface area contributed by atoms with Crippen molar-refractivity contribution in [1.82, 2.24) is 9.80 Å². The molecule has 4 heteroatoms. The number of hydrogen-bond acceptors (Lipinski definition) is 3. The van der Waals surface area contributed by atoms with Gasteiger partial charge in [0.2, 0.25) is 0 Å². The van der Waals surface area contributed by atoms with Crippen LogP contribution in [0.2, 0.25) is 5.02 Å². The van der Waals surface area contributed by atoms with E-state index in [4.69, 9.17) is 17.3 Å². The van der Waals surface area contributed by atoms with Crippen molar-refractivity contribution in [2.75, 3.05) is 33.2 Å². The maximum Gasteiger partial charge on any atom is 0.0474 e. The zero-order valence-corrected chi connectivity index (χ0v) is 11.9. The van der Waals surface area contributed by atoms with Crippen LogP contribution in [0.4, 0.5) is 0 Å². The van der Waals surface area contributed by atoms with Gasteiger partial charge < -0.3 is 10.6 Å². The first-order chi connectivity index (χ1) is 8.61. The van der Waals surface area contributed by atoms with Crippen LogP contribution in [0, 0.1) is 0 Å². The molecule has 1 saturated heterocycles. The molecule has 2 atom stereocenters. The summed E-state index contributed by atoms with van der Waals surface area (Å²) < 4.78 is 0. The summed E-state index contributed by atoms with van der Waals surface area (Å²) in [4.78, 5) is 4.87. The van der Waals surface area contributed by atoms with Crippen molar-refractivity contribution in [3.8, 4) is 0 Å². The summed E-state index contributed by atoms with van der Waals surface area (Å²) in [6, 6.07) is 8.90. The quantitative estimate of drug-likeness (QED) is 0.909. The first-order valence-corrected chi connectivity index (χ1v) is 6.89. The molecule has 0 aliphatic carbocycles. The summed E-state index contributed by atoms with van der Waals surface area (Å²) in [6.07, 6.45) is 0. The van der Waals surface area contributed by atoms with E-state index >= 15 is 0 Å². The van der Waals surface area contributed by atoms with Crippen molar-refractivity contribution in [3.63, 3.8) is 0 Å². The minimum absolute atomic E-state index is 0.297. The monoisotopic (exact) mass is 267 g/mol. The van der Waals surface area contributed by atoms with Crippen LogP contribution in [0.5, 0.6) is 0 Å². The van der Waals surface area contributed by atoms with Crippen LogP contribution in [0.15, 0.2) is 24.3 Å². The molecule has 1 aromatic rings. The van der Waals surface area contributed by atoms with Crippen LogP contribution in [-0.4, -0.2) is 49.1 Å². The Hall–Kier alpha value is -0.610. The Morgan fingerprint density at radius 2 is 2.00 bits per heavy atom. The van der Waals surface area contributed by atoms with Gasteiger partial charge in [0.15, 0.2) is 0 Å². The predicted molar refractivity (Wildman–Crippen MR) is 76.9 cm³/mol. The van der Waals surface area contributed by atoms with Crippen molar-refractivity contribution < 1.29 is 0 Å². The van der Waals surface area contributed by atoms with E-state index in [0.29, 0.717) is 18.6 Å². The number of rotatable bonds is 3. The van der Waals surface area contributed by atoms with Gasteiger partial charge in [-0.05, 0) is 31.7 Å². The Kier molecular flexibility index (Phi) is 4.62. The van der Waals surface area contributed by atoms with E-state index in [9.17, 15) is 0 Å². The average molecular weight is 268 g/mol. The standard InChI is InChI=1S/C14H22ClN3/c1-11-10-17(2)7-8-18(11)14(9-16)12-3-5-13(15)6-4-12/h3-6,11,14H,7-10,16H2,1-2H3. The number of benzene rings is 1. The van der Waals surface area contributed by atoms with Gasteiger partial charge in [0.25, 0.3) is 0 Å². The third kappa shape index (κ3) is 3.04. The number of hydrogen-bond donors (Lipinski definition) is 1. The zero-order valence-electron chi connectivity index (χ0n) is 11.1. The molecule has 1 aliphatic rings. The Balaban J connectivity index is 2.15. The lowest BCUT2D eigenvalue weighted by atomic mass is 10.0. The highest BCUT2D eigenvalue weighted by molar-refractivity contribution is 6.30. The molecule has 1 heterocycles. The number of halogens is 1. The molecule has 0 radical (unpaired) electrons. The van der Waals surface area contributed by atoms with Crippen molar-refractivity contribution in [2.45, 2.75) is 19.0 Å². The maximum absolute atomic E-state index is 5.98. The fourth-order valence-corrected chi connectivity index (χ4v) is 2.89. The molecule has 0 saturated carbocycles. The summed E-state index contributed by atoms with van der Waals surface area (Å²) in [7, 11) is 2.17. The topological polar surface area (TPSA) is 32.5 Å². The molecule has 0 spiro atoms. The second kappa shape index (κ2) is 6.02. The predicted octanol–water partition coefficient (Wildman–Crippen LogP) is 1.98. The fraction of sp³-hybridized carbons (Fsp3) is 0.571. The second-order valence-electron chi connectivity index (χ2n) is 5.15. The third-order valence-corrected chi connectivity index (χ3v) is 4.01. The first-order valence-electron chi connectivity index (χ1n) is 6.51. The van der Waals surface area contributed by atoms with Crippen molar-refractivity contribution in [2.24, 2.45) is 5.73 Å². The highest BCUT2D eigenvalue weighted by atomic mass is 35.5. The van der Waals surface area contributed by atoms with Gasteiger partial charge in [0, 0.05) is 43.3 Å². The smallest absolute Gasteiger partial charge is 0.0474 e. The number of nitrogens with zero attached hydrogens (tertiary/aromatic N) is 2. The van der Waals surface area contributed by atoms with Crippen molar-refractivity contribution in [3.05, 3.63) is 34.9 Å². The van der Waals surface area contributed by atoms with E-state index < -0.39 is 0 Å². The normalized spacial score (nSPS) is 24.1. The van der Waals surface area contributed by atoms with Crippen LogP contribution >= 0.6 is 11.6 Å². The molecule has 2 rings (SSSR count). The summed E-state index contributed by atoms with van der Waals surface area (Å²) >= 11 is 5.94. The molecular weight excluding hydrogens is 246 g/mol. The Bertz CT molecular complexity index is 379. The van der Waals surface area contributed by atoms with Crippen molar-refractivity contribution >= 4 is 11.6 Å². The van der Waals surface area contributed by atoms with Gasteiger partial charge in [0.05, 0.1) is 0 Å². The van der Waals surface area contributed by atoms with Gasteiger partial charge >= 0.3 is 0 Å². The van der Waals surface area contributed by atoms with Gasteiger partial charge in [-0.3, -0.25) is 4.90 Å². The third-order valence-electron chi connectivity index (χ3n) is 3.76. The van der Waals surface area contributed by atoms with Gasteiger partial charge in [0.1, 0.15) is 0 Å². The minimum atomic E-state index is 0.297. The average Bonchev–Trinajstić information content (AvgIpc) is 2.35. The molecule has 0 amide bonds. The lowest BCUT2D eigenvalue weighted by Crippen LogP contribution is -2.52. The van der Waals surface area contributed by atoms with Crippen LogP contribution in [0.25, 0.3) is 0 Å². The molecule has 0 bridgehead atoms. The second-order valence-corrected chi connectivity index (χ2v) is 5.59. The summed E-state index contributed by atoms with van der Waals surface area (Å²) in [5, 5.41) is 0.779. The SMILES string of the molecule is CC1CN(C)CCN1C(CN)c1ccc(Cl)cc1. The maximum atomic E-state index is 5.98. The first kappa shape index (κ1) is 13.8. The van der Waals surface area contributed by atoms with E-state index in [1.165, 1.54) is 5.56 Å². The van der Waals surface area contributed by atoms with Gasteiger partial charge in [-0.1, -0.05) is 23.7 Å². The molecule has 1 aromatic carbocycles. The highest BCUT2D eigenvalue weighted by Crippen LogP contribution is 2.25. The summed E-state index contributed by atoms with van der Waals surface area (Å²) in [5.74, 6) is 0. The number of piperazine rings is 1. The van der Waals surface area contributed by atoms with E-state index in [1.54, 1.807) is 0 Å². The molecule has 18 heavy (non-hydrogen) atoms. The Morgan fingerprint density at radius 3 is 2.56 bits per heavy atom. The molecule has 1 aliphatic heterocycles. The lowest BCUT2D eigenvalue weighted by Gasteiger charge is -2.42. The number of nitrogens with two attached hydrogens (primary N) is 1. The molecule has 0 aromatic heterocycles. The van der Waals surface area contributed by atoms with Gasteiger partial charge in [-0.15, -0.1) is 0 Å². The Morgan fingerprint density at radius 1 is 1.33 bits per heavy atom.